The van der Waals surface area contributed by atoms with Crippen molar-refractivity contribution in [3.05, 3.63) is 0 Å². The fourth-order valence-corrected chi connectivity index (χ4v) is 2.01. The van der Waals surface area contributed by atoms with Crippen LogP contribution < -0.4 is 0 Å². The molecule has 0 aromatic carbocycles. The molecule has 0 amide bonds. The van der Waals surface area contributed by atoms with Gasteiger partial charge in [0.25, 0.3) is 0 Å². The Bertz CT molecular complexity index is 128. The van der Waals surface area contributed by atoms with E-state index in [1.807, 2.05) is 0 Å². The Kier molecular flexibility index (Phi) is 5.43. The van der Waals surface area contributed by atoms with Crippen LogP contribution in [0.15, 0.2) is 0 Å². The first-order chi connectivity index (χ1) is 5.80. The van der Waals surface area contributed by atoms with Gasteiger partial charge in [0.15, 0.2) is 0 Å². The smallest absolute Gasteiger partial charge is 0.00447 e. The molecule has 0 aliphatic carbocycles. The highest BCUT2D eigenvalue weighted by atomic mass is 32.1. The van der Waals surface area contributed by atoms with Crippen molar-refractivity contribution in [3.8, 4) is 0 Å². The van der Waals surface area contributed by atoms with Crippen LogP contribution in [-0.2, 0) is 0 Å². The highest BCUT2D eigenvalue weighted by Crippen LogP contribution is 2.39. The Labute approximate surface area is 89.9 Å². The predicted octanol–water partition coefficient (Wildman–Crippen LogP) is 4.40. The highest BCUT2D eigenvalue weighted by Gasteiger charge is 2.32. The summed E-state index contributed by atoms with van der Waals surface area (Å²) in [6, 6.07) is 0. The van der Waals surface area contributed by atoms with E-state index >= 15 is 0 Å². The first-order valence-corrected chi connectivity index (χ1v) is 6.00. The summed E-state index contributed by atoms with van der Waals surface area (Å²) in [4.78, 5) is 0. The monoisotopic (exact) mass is 202 g/mol. The van der Waals surface area contributed by atoms with Gasteiger partial charge < -0.3 is 0 Å². The summed E-state index contributed by atoms with van der Waals surface area (Å²) in [7, 11) is 0. The van der Waals surface area contributed by atoms with Gasteiger partial charge >= 0.3 is 0 Å². The van der Waals surface area contributed by atoms with E-state index in [0.29, 0.717) is 10.7 Å². The molecule has 0 radical (unpaired) electrons. The molecular weight excluding hydrogens is 176 g/mol. The summed E-state index contributed by atoms with van der Waals surface area (Å²) in [5, 5.41) is 0.492. The number of hydrogen-bond acceptors (Lipinski definition) is 1. The fraction of sp³-hybridized carbons (Fsp3) is 1.00. The summed E-state index contributed by atoms with van der Waals surface area (Å²) in [6.45, 7) is 13.8. The zero-order valence-electron chi connectivity index (χ0n) is 10.1. The van der Waals surface area contributed by atoms with Crippen LogP contribution >= 0.6 is 12.6 Å². The summed E-state index contributed by atoms with van der Waals surface area (Å²) in [5.41, 5.74) is 0.396. The van der Waals surface area contributed by atoms with Crippen molar-refractivity contribution in [2.75, 3.05) is 0 Å². The molecule has 0 nitrogen and oxygen atoms in total. The maximum absolute atomic E-state index is 4.62. The molecule has 0 aliphatic rings. The Morgan fingerprint density at radius 1 is 1.08 bits per heavy atom. The van der Waals surface area contributed by atoms with E-state index in [1.54, 1.807) is 0 Å². The Balaban J connectivity index is 4.25. The lowest BCUT2D eigenvalue weighted by Gasteiger charge is -2.38. The highest BCUT2D eigenvalue weighted by molar-refractivity contribution is 7.81. The summed E-state index contributed by atoms with van der Waals surface area (Å²) < 4.78 is 0. The van der Waals surface area contributed by atoms with Gasteiger partial charge in [0, 0.05) is 5.25 Å². The minimum atomic E-state index is 0.396. The molecule has 0 spiro atoms. The zero-order valence-corrected chi connectivity index (χ0v) is 11.0. The van der Waals surface area contributed by atoms with E-state index in [4.69, 9.17) is 0 Å². The molecule has 2 atom stereocenters. The molecule has 0 saturated carbocycles. The topological polar surface area (TPSA) is 0 Å². The molecule has 0 aliphatic heterocycles. The fourth-order valence-electron chi connectivity index (χ4n) is 1.58. The second-order valence-electron chi connectivity index (χ2n) is 5.27. The van der Waals surface area contributed by atoms with Gasteiger partial charge in [-0.25, -0.2) is 0 Å². The van der Waals surface area contributed by atoms with Crippen LogP contribution in [0.4, 0.5) is 0 Å². The van der Waals surface area contributed by atoms with E-state index in [2.05, 4.69) is 54.2 Å². The van der Waals surface area contributed by atoms with Gasteiger partial charge in [-0.2, -0.15) is 12.6 Å². The molecule has 1 heteroatoms. The lowest BCUT2D eigenvalue weighted by molar-refractivity contribution is 0.186. The molecule has 0 fully saturated rings. The van der Waals surface area contributed by atoms with Crippen molar-refractivity contribution in [3.63, 3.8) is 0 Å². The Morgan fingerprint density at radius 2 is 1.54 bits per heavy atom. The van der Waals surface area contributed by atoms with Crippen LogP contribution in [0.3, 0.4) is 0 Å². The van der Waals surface area contributed by atoms with Crippen LogP contribution in [0.25, 0.3) is 0 Å². The Hall–Kier alpha value is 0.350. The van der Waals surface area contributed by atoms with Crippen LogP contribution in [0, 0.1) is 17.3 Å². The van der Waals surface area contributed by atoms with Gasteiger partial charge in [-0.3, -0.25) is 0 Å². The average molecular weight is 202 g/mol. The second-order valence-corrected chi connectivity index (χ2v) is 6.04. The average Bonchev–Trinajstić information content (AvgIpc) is 1.99. The van der Waals surface area contributed by atoms with Crippen LogP contribution in [0.5, 0.6) is 0 Å². The molecule has 0 rings (SSSR count). The quantitative estimate of drug-likeness (QED) is 0.628. The van der Waals surface area contributed by atoms with E-state index in [1.165, 1.54) is 12.8 Å². The van der Waals surface area contributed by atoms with Gasteiger partial charge in [-0.1, -0.05) is 48.0 Å². The van der Waals surface area contributed by atoms with Crippen molar-refractivity contribution >= 4 is 12.6 Å². The van der Waals surface area contributed by atoms with E-state index in [-0.39, 0.29) is 0 Å². The van der Waals surface area contributed by atoms with Gasteiger partial charge in [-0.05, 0) is 23.7 Å². The van der Waals surface area contributed by atoms with Crippen molar-refractivity contribution < 1.29 is 0 Å². The molecular formula is C12H26S. The molecule has 13 heavy (non-hydrogen) atoms. The Morgan fingerprint density at radius 3 is 1.77 bits per heavy atom. The molecule has 0 bridgehead atoms. The summed E-state index contributed by atoms with van der Waals surface area (Å²) in [5.74, 6) is 1.53. The van der Waals surface area contributed by atoms with Gasteiger partial charge in [0.1, 0.15) is 0 Å². The standard InChI is InChI=1S/C12H26S/c1-9(2)7-8-12(6,10(3)4)11(5)13/h9-11,13H,7-8H2,1-6H3. The number of hydrogen-bond donors (Lipinski definition) is 1. The lowest BCUT2D eigenvalue weighted by atomic mass is 9.72. The first-order valence-electron chi connectivity index (χ1n) is 5.48. The summed E-state index contributed by atoms with van der Waals surface area (Å²) in [6.07, 6.45) is 2.62. The zero-order chi connectivity index (χ0) is 10.6. The third kappa shape index (κ3) is 3.93. The normalized spacial score (nSPS) is 19.2. The van der Waals surface area contributed by atoms with Crippen molar-refractivity contribution in [1.82, 2.24) is 0 Å². The molecule has 0 saturated heterocycles. The SMILES string of the molecule is CC(C)CCC(C)(C(C)C)C(C)S. The van der Waals surface area contributed by atoms with E-state index in [9.17, 15) is 0 Å². The minimum Gasteiger partial charge on any atom is -0.176 e. The molecule has 0 aromatic rings. The van der Waals surface area contributed by atoms with Gasteiger partial charge in [0.05, 0.1) is 0 Å². The van der Waals surface area contributed by atoms with E-state index in [0.717, 1.165) is 11.8 Å². The minimum absolute atomic E-state index is 0.396. The summed E-state index contributed by atoms with van der Waals surface area (Å²) >= 11 is 4.62. The van der Waals surface area contributed by atoms with E-state index < -0.39 is 0 Å². The predicted molar refractivity (Wildman–Crippen MR) is 65.5 cm³/mol. The number of thiol groups is 1. The van der Waals surface area contributed by atoms with Crippen molar-refractivity contribution in [2.24, 2.45) is 17.3 Å². The van der Waals surface area contributed by atoms with Gasteiger partial charge in [-0.15, -0.1) is 0 Å². The maximum atomic E-state index is 4.62. The maximum Gasteiger partial charge on any atom is 0.00447 e. The van der Waals surface area contributed by atoms with Crippen LogP contribution in [-0.4, -0.2) is 5.25 Å². The molecule has 0 aromatic heterocycles. The van der Waals surface area contributed by atoms with Gasteiger partial charge in [0.2, 0.25) is 0 Å². The number of rotatable bonds is 5. The molecule has 2 unspecified atom stereocenters. The van der Waals surface area contributed by atoms with Crippen molar-refractivity contribution in [2.45, 2.75) is 59.6 Å². The lowest BCUT2D eigenvalue weighted by Crippen LogP contribution is -2.32. The van der Waals surface area contributed by atoms with Crippen LogP contribution in [0.2, 0.25) is 0 Å². The molecule has 0 N–H and O–H groups in total. The largest absolute Gasteiger partial charge is 0.176 e. The van der Waals surface area contributed by atoms with Crippen LogP contribution in [0.1, 0.15) is 54.4 Å². The third-order valence-corrected chi connectivity index (χ3v) is 4.12. The molecule has 0 heterocycles. The third-order valence-electron chi connectivity index (χ3n) is 3.53. The molecule has 80 valence electrons. The van der Waals surface area contributed by atoms with Crippen molar-refractivity contribution in [1.29, 1.82) is 0 Å². The second kappa shape index (κ2) is 5.29. The first kappa shape index (κ1) is 13.4.